The van der Waals surface area contributed by atoms with Crippen molar-refractivity contribution in [1.82, 2.24) is 4.90 Å². The lowest BCUT2D eigenvalue weighted by Crippen LogP contribution is -2.11. The molecule has 0 amide bonds. The first kappa shape index (κ1) is 14.3. The van der Waals surface area contributed by atoms with Crippen molar-refractivity contribution >= 4 is 11.3 Å². The fourth-order valence-electron chi connectivity index (χ4n) is 2.16. The van der Waals surface area contributed by atoms with Gasteiger partial charge in [0.1, 0.15) is 0 Å². The average Bonchev–Trinajstić information content (AvgIpc) is 2.75. The van der Waals surface area contributed by atoms with E-state index >= 15 is 0 Å². The Bertz CT molecular complexity index is 529. The van der Waals surface area contributed by atoms with Crippen LogP contribution < -0.4 is 0 Å². The van der Waals surface area contributed by atoms with Crippen molar-refractivity contribution in [2.75, 3.05) is 14.1 Å². The van der Waals surface area contributed by atoms with Crippen LogP contribution in [0.5, 0.6) is 0 Å². The fraction of sp³-hybridized carbons (Fsp3) is 0.412. The molecule has 1 nitrogen and oxygen atoms in total. The molecule has 102 valence electrons. The first-order chi connectivity index (χ1) is 8.88. The van der Waals surface area contributed by atoms with Crippen molar-refractivity contribution in [2.45, 2.75) is 32.7 Å². The Hall–Kier alpha value is -1.12. The molecule has 0 aliphatic heterocycles. The molecular formula is C17H23NS. The quantitative estimate of drug-likeness (QED) is 0.778. The van der Waals surface area contributed by atoms with E-state index in [2.05, 4.69) is 75.5 Å². The minimum atomic E-state index is 0.222. The minimum Gasteiger partial charge on any atom is -0.304 e. The van der Waals surface area contributed by atoms with Gasteiger partial charge in [-0.2, -0.15) is 0 Å². The van der Waals surface area contributed by atoms with Crippen LogP contribution in [0.4, 0.5) is 0 Å². The summed E-state index contributed by atoms with van der Waals surface area (Å²) in [5.74, 6) is 0. The van der Waals surface area contributed by atoms with E-state index < -0.39 is 0 Å². The number of hydrogen-bond donors (Lipinski definition) is 0. The van der Waals surface area contributed by atoms with Crippen LogP contribution in [-0.2, 0) is 12.0 Å². The molecule has 19 heavy (non-hydrogen) atoms. The normalized spacial score (nSPS) is 12.1. The Morgan fingerprint density at radius 2 is 1.63 bits per heavy atom. The summed E-state index contributed by atoms with van der Waals surface area (Å²) in [6.07, 6.45) is 0. The smallest absolute Gasteiger partial charge is 0.0328 e. The number of rotatable bonds is 3. The van der Waals surface area contributed by atoms with Gasteiger partial charge in [0.05, 0.1) is 0 Å². The van der Waals surface area contributed by atoms with Crippen molar-refractivity contribution in [3.05, 3.63) is 46.2 Å². The monoisotopic (exact) mass is 273 g/mol. The molecule has 0 unspecified atom stereocenters. The Morgan fingerprint density at radius 1 is 1.00 bits per heavy atom. The lowest BCUT2D eigenvalue weighted by molar-refractivity contribution is 0.407. The molecule has 0 saturated carbocycles. The van der Waals surface area contributed by atoms with Crippen LogP contribution in [0.15, 0.2) is 35.7 Å². The van der Waals surface area contributed by atoms with E-state index in [0.29, 0.717) is 0 Å². The lowest BCUT2D eigenvalue weighted by Gasteiger charge is -2.19. The summed E-state index contributed by atoms with van der Waals surface area (Å²) in [5, 5.41) is 2.19. The Morgan fingerprint density at radius 3 is 2.16 bits per heavy atom. The molecule has 0 N–H and O–H groups in total. The molecule has 0 spiro atoms. The van der Waals surface area contributed by atoms with E-state index in [9.17, 15) is 0 Å². The zero-order chi connectivity index (χ0) is 14.0. The van der Waals surface area contributed by atoms with Crippen molar-refractivity contribution in [3.8, 4) is 11.1 Å². The second kappa shape index (κ2) is 5.48. The van der Waals surface area contributed by atoms with Gasteiger partial charge in [0.2, 0.25) is 0 Å². The molecule has 1 aromatic heterocycles. The Kier molecular flexibility index (Phi) is 4.12. The molecule has 0 saturated heterocycles. The topological polar surface area (TPSA) is 3.24 Å². The highest BCUT2D eigenvalue weighted by Gasteiger charge is 2.14. The maximum Gasteiger partial charge on any atom is 0.0328 e. The van der Waals surface area contributed by atoms with Crippen molar-refractivity contribution in [2.24, 2.45) is 0 Å². The van der Waals surface area contributed by atoms with E-state index in [0.717, 1.165) is 6.54 Å². The van der Waals surface area contributed by atoms with Crippen LogP contribution in [0.2, 0.25) is 0 Å². The summed E-state index contributed by atoms with van der Waals surface area (Å²) in [6, 6.07) is 11.2. The molecule has 0 atom stereocenters. The fourth-order valence-corrected chi connectivity index (χ4v) is 3.17. The van der Waals surface area contributed by atoms with Gasteiger partial charge in [-0.15, -0.1) is 11.3 Å². The van der Waals surface area contributed by atoms with Gasteiger partial charge in [0.15, 0.2) is 0 Å². The van der Waals surface area contributed by atoms with Gasteiger partial charge in [-0.05, 0) is 47.6 Å². The summed E-state index contributed by atoms with van der Waals surface area (Å²) in [7, 11) is 4.23. The SMILES string of the molecule is CN(C)Cc1sccc1-c1ccc(C(C)(C)C)cc1. The van der Waals surface area contributed by atoms with E-state index in [-0.39, 0.29) is 5.41 Å². The van der Waals surface area contributed by atoms with Gasteiger partial charge in [-0.1, -0.05) is 45.0 Å². The van der Waals surface area contributed by atoms with Crippen molar-refractivity contribution in [1.29, 1.82) is 0 Å². The second-order valence-electron chi connectivity index (χ2n) is 6.32. The van der Waals surface area contributed by atoms with Gasteiger partial charge in [-0.3, -0.25) is 0 Å². The Labute approximate surface area is 120 Å². The largest absolute Gasteiger partial charge is 0.304 e. The standard InChI is InChI=1S/C17H23NS/c1-17(2,3)14-8-6-13(7-9-14)15-10-11-19-16(15)12-18(4)5/h6-11H,12H2,1-5H3. The first-order valence-electron chi connectivity index (χ1n) is 6.70. The molecule has 0 aliphatic rings. The highest BCUT2D eigenvalue weighted by Crippen LogP contribution is 2.31. The molecule has 2 heteroatoms. The highest BCUT2D eigenvalue weighted by molar-refractivity contribution is 7.10. The maximum absolute atomic E-state index is 2.26. The zero-order valence-corrected chi connectivity index (χ0v) is 13.3. The molecular weight excluding hydrogens is 250 g/mol. The van der Waals surface area contributed by atoms with E-state index in [4.69, 9.17) is 0 Å². The van der Waals surface area contributed by atoms with Crippen LogP contribution in [0, 0.1) is 0 Å². The third kappa shape index (κ3) is 3.46. The molecule has 0 radical (unpaired) electrons. The third-order valence-electron chi connectivity index (χ3n) is 3.27. The first-order valence-corrected chi connectivity index (χ1v) is 7.58. The molecule has 2 aromatic rings. The molecule has 0 bridgehead atoms. The minimum absolute atomic E-state index is 0.222. The molecule has 1 heterocycles. The zero-order valence-electron chi connectivity index (χ0n) is 12.5. The summed E-state index contributed by atoms with van der Waals surface area (Å²) >= 11 is 1.84. The third-order valence-corrected chi connectivity index (χ3v) is 4.17. The van der Waals surface area contributed by atoms with Gasteiger partial charge >= 0.3 is 0 Å². The van der Waals surface area contributed by atoms with Crippen LogP contribution in [0.1, 0.15) is 31.2 Å². The molecule has 0 aliphatic carbocycles. The van der Waals surface area contributed by atoms with Crippen LogP contribution in [0.25, 0.3) is 11.1 Å². The van der Waals surface area contributed by atoms with Gasteiger partial charge in [0.25, 0.3) is 0 Å². The van der Waals surface area contributed by atoms with Crippen LogP contribution in [-0.4, -0.2) is 19.0 Å². The molecule has 2 rings (SSSR count). The lowest BCUT2D eigenvalue weighted by atomic mass is 9.86. The summed E-state index contributed by atoms with van der Waals surface area (Å²) in [6.45, 7) is 7.77. The van der Waals surface area contributed by atoms with Gasteiger partial charge in [0, 0.05) is 11.4 Å². The number of thiophene rings is 1. The van der Waals surface area contributed by atoms with Crippen molar-refractivity contribution in [3.63, 3.8) is 0 Å². The predicted octanol–water partition coefficient (Wildman–Crippen LogP) is 4.77. The van der Waals surface area contributed by atoms with Crippen molar-refractivity contribution < 1.29 is 0 Å². The number of hydrogen-bond acceptors (Lipinski definition) is 2. The van der Waals surface area contributed by atoms with Crippen LogP contribution >= 0.6 is 11.3 Å². The van der Waals surface area contributed by atoms with E-state index in [1.807, 2.05) is 11.3 Å². The maximum atomic E-state index is 2.26. The highest BCUT2D eigenvalue weighted by atomic mass is 32.1. The average molecular weight is 273 g/mol. The Balaban J connectivity index is 2.30. The number of benzene rings is 1. The second-order valence-corrected chi connectivity index (χ2v) is 7.32. The van der Waals surface area contributed by atoms with Gasteiger partial charge in [-0.25, -0.2) is 0 Å². The predicted molar refractivity (Wildman–Crippen MR) is 85.8 cm³/mol. The molecule has 0 fully saturated rings. The van der Waals surface area contributed by atoms with E-state index in [1.165, 1.54) is 21.6 Å². The van der Waals surface area contributed by atoms with E-state index in [1.54, 1.807) is 0 Å². The summed E-state index contributed by atoms with van der Waals surface area (Å²) in [5.41, 5.74) is 4.31. The van der Waals surface area contributed by atoms with Gasteiger partial charge < -0.3 is 4.90 Å². The molecule has 1 aromatic carbocycles. The number of nitrogens with zero attached hydrogens (tertiary/aromatic N) is 1. The summed E-state index contributed by atoms with van der Waals surface area (Å²) in [4.78, 5) is 3.66. The summed E-state index contributed by atoms with van der Waals surface area (Å²) < 4.78 is 0. The van der Waals surface area contributed by atoms with Crippen LogP contribution in [0.3, 0.4) is 0 Å².